The van der Waals surface area contributed by atoms with Crippen molar-refractivity contribution >= 4 is 11.7 Å². The molecule has 0 N–H and O–H groups in total. The zero-order valence-corrected chi connectivity index (χ0v) is 17.8. The first-order valence-corrected chi connectivity index (χ1v) is 11.1. The van der Waals surface area contributed by atoms with Crippen LogP contribution in [0.4, 0.5) is 10.5 Å². The van der Waals surface area contributed by atoms with E-state index in [9.17, 15) is 4.79 Å². The van der Waals surface area contributed by atoms with Crippen LogP contribution < -0.4 is 4.90 Å². The van der Waals surface area contributed by atoms with E-state index in [0.717, 1.165) is 77.4 Å². The van der Waals surface area contributed by atoms with Crippen molar-refractivity contribution in [2.75, 3.05) is 57.4 Å². The molecule has 1 aromatic heterocycles. The first kappa shape index (κ1) is 19.6. The highest BCUT2D eigenvalue weighted by Crippen LogP contribution is 2.40. The molecule has 1 atom stereocenters. The van der Waals surface area contributed by atoms with Gasteiger partial charge in [-0.15, -0.1) is 0 Å². The zero-order valence-electron chi connectivity index (χ0n) is 17.8. The Labute approximate surface area is 178 Å². The number of carbonyl (C=O) groups is 1. The van der Waals surface area contributed by atoms with Gasteiger partial charge in [-0.2, -0.15) is 9.78 Å². The molecule has 7 heteroatoms. The standard InChI is InChI=1S/C23H31N5O2/c1-19-14-24-28(15-19)22(29)27-9-7-23(18-27)6-8-25(17-23)16-20-4-2-3-5-21(20)26-10-12-30-13-11-26/h2-5,14-15H,6-13,16-18H2,1H3. The van der Waals surface area contributed by atoms with Crippen LogP contribution in [0, 0.1) is 12.3 Å². The van der Waals surface area contributed by atoms with Crippen molar-refractivity contribution in [1.82, 2.24) is 19.6 Å². The van der Waals surface area contributed by atoms with Crippen LogP contribution in [0.25, 0.3) is 0 Å². The minimum atomic E-state index is 0.0103. The van der Waals surface area contributed by atoms with Gasteiger partial charge in [0, 0.05) is 56.6 Å². The Kier molecular flexibility index (Phi) is 5.25. The number of nitrogens with zero attached hydrogens (tertiary/aromatic N) is 5. The number of para-hydroxylation sites is 1. The van der Waals surface area contributed by atoms with Gasteiger partial charge in [0.25, 0.3) is 0 Å². The third-order valence-corrected chi connectivity index (χ3v) is 6.87. The molecule has 3 fully saturated rings. The SMILES string of the molecule is Cc1cnn(C(=O)N2CCC3(CCN(Cc4ccccc4N4CCOCC4)C3)C2)c1. The van der Waals surface area contributed by atoms with Crippen molar-refractivity contribution in [3.05, 3.63) is 47.8 Å². The third-order valence-electron chi connectivity index (χ3n) is 6.87. The quantitative estimate of drug-likeness (QED) is 0.780. The summed E-state index contributed by atoms with van der Waals surface area (Å²) >= 11 is 0. The normalized spacial score (nSPS) is 24.8. The number of hydrogen-bond donors (Lipinski definition) is 0. The van der Waals surface area contributed by atoms with Crippen LogP contribution in [0.5, 0.6) is 0 Å². The number of hydrogen-bond acceptors (Lipinski definition) is 5. The molecular weight excluding hydrogens is 378 g/mol. The lowest BCUT2D eigenvalue weighted by atomic mass is 9.86. The van der Waals surface area contributed by atoms with Gasteiger partial charge in [-0.05, 0) is 43.5 Å². The first-order valence-electron chi connectivity index (χ1n) is 11.1. The largest absolute Gasteiger partial charge is 0.378 e. The molecule has 0 bridgehead atoms. The molecule has 2 aromatic rings. The molecule has 3 saturated heterocycles. The van der Waals surface area contributed by atoms with Gasteiger partial charge >= 0.3 is 6.03 Å². The van der Waals surface area contributed by atoms with E-state index in [2.05, 4.69) is 39.2 Å². The van der Waals surface area contributed by atoms with Crippen LogP contribution in [-0.2, 0) is 11.3 Å². The number of rotatable bonds is 3. The minimum absolute atomic E-state index is 0.0103. The Hall–Kier alpha value is -2.38. The number of benzene rings is 1. The summed E-state index contributed by atoms with van der Waals surface area (Å²) in [6.07, 6.45) is 5.80. The fraction of sp³-hybridized carbons (Fsp3) is 0.565. The van der Waals surface area contributed by atoms with E-state index in [1.807, 2.05) is 18.0 Å². The molecule has 1 spiro atoms. The van der Waals surface area contributed by atoms with Gasteiger partial charge in [0.15, 0.2) is 0 Å². The third kappa shape index (κ3) is 3.84. The number of aromatic nitrogens is 2. The second-order valence-electron chi connectivity index (χ2n) is 9.11. The van der Waals surface area contributed by atoms with E-state index in [1.165, 1.54) is 15.9 Å². The van der Waals surface area contributed by atoms with Gasteiger partial charge in [-0.1, -0.05) is 18.2 Å². The van der Waals surface area contributed by atoms with Gasteiger partial charge in [-0.25, -0.2) is 4.79 Å². The summed E-state index contributed by atoms with van der Waals surface area (Å²) in [5.41, 5.74) is 3.99. The average molecular weight is 410 g/mol. The van der Waals surface area contributed by atoms with Crippen molar-refractivity contribution in [3.63, 3.8) is 0 Å². The van der Waals surface area contributed by atoms with Gasteiger partial charge < -0.3 is 14.5 Å². The maximum absolute atomic E-state index is 12.8. The van der Waals surface area contributed by atoms with Crippen molar-refractivity contribution in [3.8, 4) is 0 Å². The number of anilines is 1. The summed E-state index contributed by atoms with van der Waals surface area (Å²) in [7, 11) is 0. The molecule has 160 valence electrons. The van der Waals surface area contributed by atoms with Crippen LogP contribution in [0.1, 0.15) is 24.0 Å². The predicted octanol–water partition coefficient (Wildman–Crippen LogP) is 2.59. The maximum atomic E-state index is 12.8. The Morgan fingerprint density at radius 1 is 1.10 bits per heavy atom. The fourth-order valence-corrected chi connectivity index (χ4v) is 5.25. The second kappa shape index (κ2) is 8.04. The number of ether oxygens (including phenoxy) is 1. The summed E-state index contributed by atoms with van der Waals surface area (Å²) in [6, 6.07) is 8.80. The summed E-state index contributed by atoms with van der Waals surface area (Å²) in [4.78, 5) is 19.8. The molecule has 30 heavy (non-hydrogen) atoms. The van der Waals surface area contributed by atoms with E-state index in [-0.39, 0.29) is 11.4 Å². The lowest BCUT2D eigenvalue weighted by Gasteiger charge is -2.31. The lowest BCUT2D eigenvalue weighted by Crippen LogP contribution is -2.37. The van der Waals surface area contributed by atoms with Crippen molar-refractivity contribution in [2.45, 2.75) is 26.3 Å². The molecule has 1 aromatic carbocycles. The minimum Gasteiger partial charge on any atom is -0.378 e. The van der Waals surface area contributed by atoms with E-state index >= 15 is 0 Å². The molecule has 0 aliphatic carbocycles. The average Bonchev–Trinajstić information content (AvgIpc) is 3.50. The highest BCUT2D eigenvalue weighted by atomic mass is 16.5. The summed E-state index contributed by atoms with van der Waals surface area (Å²) < 4.78 is 7.02. The van der Waals surface area contributed by atoms with Crippen LogP contribution in [0.3, 0.4) is 0 Å². The molecule has 5 rings (SSSR count). The van der Waals surface area contributed by atoms with Crippen LogP contribution in [0.15, 0.2) is 36.7 Å². The highest BCUT2D eigenvalue weighted by Gasteiger charge is 2.45. The predicted molar refractivity (Wildman–Crippen MR) is 116 cm³/mol. The second-order valence-corrected chi connectivity index (χ2v) is 9.11. The monoisotopic (exact) mass is 409 g/mol. The lowest BCUT2D eigenvalue weighted by molar-refractivity contribution is 0.122. The molecule has 3 aliphatic rings. The molecule has 0 saturated carbocycles. The van der Waals surface area contributed by atoms with E-state index in [4.69, 9.17) is 4.74 Å². The fourth-order valence-electron chi connectivity index (χ4n) is 5.25. The highest BCUT2D eigenvalue weighted by molar-refractivity contribution is 5.76. The first-order chi connectivity index (χ1) is 14.6. The van der Waals surface area contributed by atoms with E-state index < -0.39 is 0 Å². The molecule has 7 nitrogen and oxygen atoms in total. The van der Waals surface area contributed by atoms with Crippen molar-refractivity contribution in [2.24, 2.45) is 5.41 Å². The number of morpholine rings is 1. The van der Waals surface area contributed by atoms with Gasteiger partial charge in [0.2, 0.25) is 0 Å². The van der Waals surface area contributed by atoms with Crippen LogP contribution in [0.2, 0.25) is 0 Å². The Bertz CT molecular complexity index is 907. The number of carbonyl (C=O) groups excluding carboxylic acids is 1. The number of amides is 1. The molecular formula is C23H31N5O2. The van der Waals surface area contributed by atoms with Crippen LogP contribution in [-0.4, -0.2) is 78.1 Å². The van der Waals surface area contributed by atoms with Gasteiger partial charge in [0.05, 0.1) is 19.4 Å². The summed E-state index contributed by atoms with van der Waals surface area (Å²) in [6.45, 7) is 10.3. The van der Waals surface area contributed by atoms with Crippen LogP contribution >= 0.6 is 0 Å². The van der Waals surface area contributed by atoms with Gasteiger partial charge in [0.1, 0.15) is 0 Å². The molecule has 1 unspecified atom stereocenters. The zero-order chi connectivity index (χ0) is 20.6. The Balaban J connectivity index is 1.23. The molecule has 4 heterocycles. The van der Waals surface area contributed by atoms with E-state index in [0.29, 0.717) is 0 Å². The molecule has 1 amide bonds. The van der Waals surface area contributed by atoms with Crippen molar-refractivity contribution in [1.29, 1.82) is 0 Å². The smallest absolute Gasteiger partial charge is 0.344 e. The maximum Gasteiger partial charge on any atom is 0.344 e. The topological polar surface area (TPSA) is 53.8 Å². The Morgan fingerprint density at radius 3 is 2.70 bits per heavy atom. The van der Waals surface area contributed by atoms with Crippen molar-refractivity contribution < 1.29 is 9.53 Å². The van der Waals surface area contributed by atoms with Gasteiger partial charge in [-0.3, -0.25) is 4.90 Å². The summed E-state index contributed by atoms with van der Waals surface area (Å²) in [5.74, 6) is 0. The number of likely N-dealkylation sites (tertiary alicyclic amines) is 2. The molecule has 3 aliphatic heterocycles. The Morgan fingerprint density at radius 2 is 1.90 bits per heavy atom. The molecule has 0 radical (unpaired) electrons. The van der Waals surface area contributed by atoms with E-state index in [1.54, 1.807) is 6.20 Å². The number of aryl methyl sites for hydroxylation is 1. The summed E-state index contributed by atoms with van der Waals surface area (Å²) in [5, 5.41) is 4.20.